The third-order valence-corrected chi connectivity index (χ3v) is 2.92. The Bertz CT molecular complexity index is 650. The number of fused-ring (bicyclic) bond motifs is 2. The van der Waals surface area contributed by atoms with Crippen LogP contribution in [0.1, 0.15) is 21.5 Å². The number of benzene rings is 2. The number of hydrogen-bond donors (Lipinski definition) is 0. The summed E-state index contributed by atoms with van der Waals surface area (Å²) in [7, 11) is 0. The summed E-state index contributed by atoms with van der Waals surface area (Å²) < 4.78 is 32.0. The van der Waals surface area contributed by atoms with Crippen LogP contribution in [0.25, 0.3) is 0 Å². The molecule has 2 aromatic carbocycles. The van der Waals surface area contributed by atoms with Crippen LogP contribution in [-0.2, 0) is 6.61 Å². The first-order chi connectivity index (χ1) is 8.66. The molecule has 2 aromatic rings. The van der Waals surface area contributed by atoms with Crippen molar-refractivity contribution in [1.29, 1.82) is 0 Å². The van der Waals surface area contributed by atoms with Crippen molar-refractivity contribution >= 4 is 5.78 Å². The molecule has 1 aliphatic rings. The van der Waals surface area contributed by atoms with Gasteiger partial charge in [-0.3, -0.25) is 4.79 Å². The summed E-state index contributed by atoms with van der Waals surface area (Å²) in [6.07, 6.45) is 0. The molecule has 90 valence electrons. The lowest BCUT2D eigenvalue weighted by Crippen LogP contribution is -2.04. The molecule has 1 aliphatic heterocycles. The predicted octanol–water partition coefficient (Wildman–Crippen LogP) is 3.09. The van der Waals surface area contributed by atoms with Crippen LogP contribution in [0.4, 0.5) is 8.78 Å². The fourth-order valence-electron chi connectivity index (χ4n) is 2.02. The molecule has 18 heavy (non-hydrogen) atoms. The Morgan fingerprint density at radius 1 is 1.06 bits per heavy atom. The van der Waals surface area contributed by atoms with E-state index in [1.807, 2.05) is 0 Å². The van der Waals surface area contributed by atoms with E-state index in [9.17, 15) is 13.6 Å². The molecule has 1 heterocycles. The van der Waals surface area contributed by atoms with E-state index in [1.165, 1.54) is 24.3 Å². The van der Waals surface area contributed by atoms with Crippen molar-refractivity contribution in [1.82, 2.24) is 0 Å². The monoisotopic (exact) mass is 246 g/mol. The number of ether oxygens (including phenoxy) is 1. The maximum atomic E-state index is 13.6. The van der Waals surface area contributed by atoms with E-state index in [0.717, 1.165) is 6.07 Å². The van der Waals surface area contributed by atoms with Crippen molar-refractivity contribution in [3.8, 4) is 5.75 Å². The van der Waals surface area contributed by atoms with Crippen molar-refractivity contribution in [2.45, 2.75) is 6.61 Å². The largest absolute Gasteiger partial charge is 0.488 e. The van der Waals surface area contributed by atoms with Gasteiger partial charge in [-0.25, -0.2) is 8.78 Å². The van der Waals surface area contributed by atoms with Crippen LogP contribution in [0.15, 0.2) is 36.4 Å². The number of rotatable bonds is 0. The average Bonchev–Trinajstić information content (AvgIpc) is 2.49. The third-order valence-electron chi connectivity index (χ3n) is 2.92. The van der Waals surface area contributed by atoms with Crippen molar-refractivity contribution in [2.75, 3.05) is 0 Å². The highest BCUT2D eigenvalue weighted by Crippen LogP contribution is 2.29. The van der Waals surface area contributed by atoms with Gasteiger partial charge in [0.05, 0.1) is 5.56 Å². The molecule has 0 amide bonds. The standard InChI is InChI=1S/C14H8F2O2/c15-8-4-5-10-13(6-8)18-7-11-9(14(10)17)2-1-3-12(11)16/h1-6H,7H2. The molecule has 0 aliphatic carbocycles. The minimum Gasteiger partial charge on any atom is -0.488 e. The molecule has 4 heteroatoms. The van der Waals surface area contributed by atoms with Crippen LogP contribution in [0, 0.1) is 11.6 Å². The third kappa shape index (κ3) is 1.57. The molecule has 0 bridgehead atoms. The fraction of sp³-hybridized carbons (Fsp3) is 0.0714. The minimum absolute atomic E-state index is 0.0792. The lowest BCUT2D eigenvalue weighted by atomic mass is 9.99. The first-order valence-corrected chi connectivity index (χ1v) is 5.41. The van der Waals surface area contributed by atoms with E-state index in [-0.39, 0.29) is 34.8 Å². The molecule has 0 fully saturated rings. The molecule has 0 aromatic heterocycles. The second-order valence-electron chi connectivity index (χ2n) is 4.02. The van der Waals surface area contributed by atoms with Gasteiger partial charge in [-0.15, -0.1) is 0 Å². The van der Waals surface area contributed by atoms with Crippen molar-refractivity contribution in [2.24, 2.45) is 0 Å². The zero-order valence-corrected chi connectivity index (χ0v) is 9.24. The van der Waals surface area contributed by atoms with Crippen LogP contribution in [0.2, 0.25) is 0 Å². The second-order valence-corrected chi connectivity index (χ2v) is 4.02. The van der Waals surface area contributed by atoms with Crippen LogP contribution in [-0.4, -0.2) is 5.78 Å². The Kier molecular flexibility index (Phi) is 2.37. The quantitative estimate of drug-likeness (QED) is 0.714. The molecule has 0 atom stereocenters. The normalized spacial score (nSPS) is 13.3. The summed E-state index contributed by atoms with van der Waals surface area (Å²) in [5.41, 5.74) is 0.722. The Hall–Kier alpha value is -2.23. The number of halogens is 2. The lowest BCUT2D eigenvalue weighted by Gasteiger charge is -2.05. The van der Waals surface area contributed by atoms with Gasteiger partial charge >= 0.3 is 0 Å². The van der Waals surface area contributed by atoms with Crippen LogP contribution >= 0.6 is 0 Å². The Morgan fingerprint density at radius 3 is 2.72 bits per heavy atom. The number of ketones is 1. The van der Waals surface area contributed by atoms with Crippen LogP contribution in [0.3, 0.4) is 0 Å². The Morgan fingerprint density at radius 2 is 1.89 bits per heavy atom. The van der Waals surface area contributed by atoms with Gasteiger partial charge in [0, 0.05) is 17.2 Å². The van der Waals surface area contributed by atoms with Gasteiger partial charge in [0.2, 0.25) is 0 Å². The average molecular weight is 246 g/mol. The first kappa shape index (κ1) is 10.9. The lowest BCUT2D eigenvalue weighted by molar-refractivity contribution is 0.103. The number of carbonyl (C=O) groups excluding carboxylic acids is 1. The van der Waals surface area contributed by atoms with Crippen LogP contribution < -0.4 is 4.74 Å². The van der Waals surface area contributed by atoms with E-state index in [0.29, 0.717) is 0 Å². The highest BCUT2D eigenvalue weighted by atomic mass is 19.1. The van der Waals surface area contributed by atoms with Crippen molar-refractivity contribution in [3.63, 3.8) is 0 Å². The van der Waals surface area contributed by atoms with Crippen LogP contribution in [0.5, 0.6) is 5.75 Å². The fourth-order valence-corrected chi connectivity index (χ4v) is 2.02. The number of carbonyl (C=O) groups is 1. The van der Waals surface area contributed by atoms with E-state index >= 15 is 0 Å². The first-order valence-electron chi connectivity index (χ1n) is 5.41. The molecule has 3 rings (SSSR count). The summed E-state index contributed by atoms with van der Waals surface area (Å²) in [5, 5.41) is 0. The minimum atomic E-state index is -0.493. The molecular formula is C14H8F2O2. The summed E-state index contributed by atoms with van der Waals surface area (Å²) in [5.74, 6) is -1.19. The highest BCUT2D eigenvalue weighted by Gasteiger charge is 2.24. The zero-order valence-electron chi connectivity index (χ0n) is 9.24. The van der Waals surface area contributed by atoms with Gasteiger partial charge in [-0.2, -0.15) is 0 Å². The maximum absolute atomic E-state index is 13.6. The Labute approximate surface area is 102 Å². The molecule has 0 radical (unpaired) electrons. The van der Waals surface area contributed by atoms with E-state index in [2.05, 4.69) is 0 Å². The topological polar surface area (TPSA) is 26.3 Å². The van der Waals surface area contributed by atoms with Gasteiger partial charge < -0.3 is 4.74 Å². The predicted molar refractivity (Wildman–Crippen MR) is 60.6 cm³/mol. The Balaban J connectivity index is 2.22. The molecular weight excluding hydrogens is 238 g/mol. The van der Waals surface area contributed by atoms with E-state index in [4.69, 9.17) is 4.74 Å². The zero-order chi connectivity index (χ0) is 12.7. The van der Waals surface area contributed by atoms with Gasteiger partial charge in [0.25, 0.3) is 0 Å². The van der Waals surface area contributed by atoms with Crippen molar-refractivity contribution in [3.05, 3.63) is 64.7 Å². The molecule has 2 nitrogen and oxygen atoms in total. The highest BCUT2D eigenvalue weighted by molar-refractivity contribution is 6.11. The van der Waals surface area contributed by atoms with Gasteiger partial charge in [-0.1, -0.05) is 12.1 Å². The SMILES string of the molecule is O=C1c2ccc(F)cc2OCc2c(F)cccc21. The summed E-state index contributed by atoms with van der Waals surface area (Å²) in [6.45, 7) is -0.0792. The van der Waals surface area contributed by atoms with Gasteiger partial charge in [0.1, 0.15) is 24.0 Å². The summed E-state index contributed by atoms with van der Waals surface area (Å²) in [6, 6.07) is 7.96. The summed E-state index contributed by atoms with van der Waals surface area (Å²) >= 11 is 0. The molecule has 0 unspecified atom stereocenters. The van der Waals surface area contributed by atoms with E-state index < -0.39 is 11.6 Å². The smallest absolute Gasteiger partial charge is 0.197 e. The van der Waals surface area contributed by atoms with Gasteiger partial charge in [0.15, 0.2) is 5.78 Å². The molecule has 0 spiro atoms. The molecule has 0 saturated heterocycles. The molecule has 0 saturated carbocycles. The maximum Gasteiger partial charge on any atom is 0.197 e. The van der Waals surface area contributed by atoms with E-state index in [1.54, 1.807) is 6.07 Å². The summed E-state index contributed by atoms with van der Waals surface area (Å²) in [4.78, 5) is 12.2. The molecule has 0 N–H and O–H groups in total. The van der Waals surface area contributed by atoms with Crippen molar-refractivity contribution < 1.29 is 18.3 Å². The number of hydrogen-bond acceptors (Lipinski definition) is 2. The van der Waals surface area contributed by atoms with Gasteiger partial charge in [-0.05, 0) is 18.2 Å². The second kappa shape index (κ2) is 3.91.